The van der Waals surface area contributed by atoms with Gasteiger partial charge < -0.3 is 4.90 Å². The third kappa shape index (κ3) is 3.82. The van der Waals surface area contributed by atoms with Gasteiger partial charge in [0.25, 0.3) is 6.43 Å². The molecule has 0 N–H and O–H groups in total. The van der Waals surface area contributed by atoms with Gasteiger partial charge in [0.1, 0.15) is 29.4 Å². The van der Waals surface area contributed by atoms with E-state index in [9.17, 15) is 26.7 Å². The molecular formula is C19H17F5N8O. The molecule has 0 aliphatic carbocycles. The maximum absolute atomic E-state index is 13.1. The molecule has 0 radical (unpaired) electrons. The molecule has 0 bridgehead atoms. The summed E-state index contributed by atoms with van der Waals surface area (Å²) in [4.78, 5) is 31.9. The van der Waals surface area contributed by atoms with E-state index in [1.54, 1.807) is 4.90 Å². The van der Waals surface area contributed by atoms with Gasteiger partial charge in [0.05, 0.1) is 12.4 Å². The molecule has 1 amide bonds. The Morgan fingerprint density at radius 2 is 1.85 bits per heavy atom. The fourth-order valence-corrected chi connectivity index (χ4v) is 4.33. The van der Waals surface area contributed by atoms with Crippen molar-refractivity contribution in [2.75, 3.05) is 29.4 Å². The van der Waals surface area contributed by atoms with Crippen molar-refractivity contribution in [1.29, 1.82) is 0 Å². The summed E-state index contributed by atoms with van der Waals surface area (Å²) in [6, 6.07) is 0.901. The minimum atomic E-state index is -4.58. The minimum Gasteiger partial charge on any atom is -0.355 e. The summed E-state index contributed by atoms with van der Waals surface area (Å²) < 4.78 is 65.9. The number of carbonyl (C=O) groups excluding carboxylic acids is 1. The molecule has 2 fully saturated rings. The average molecular weight is 468 g/mol. The van der Waals surface area contributed by atoms with Crippen molar-refractivity contribution in [3.63, 3.8) is 0 Å². The fraction of sp³-hybridized carbons (Fsp3) is 0.474. The first-order valence-corrected chi connectivity index (χ1v) is 9.98. The lowest BCUT2D eigenvalue weighted by atomic mass is 9.79. The van der Waals surface area contributed by atoms with Gasteiger partial charge in [-0.1, -0.05) is 0 Å². The summed E-state index contributed by atoms with van der Waals surface area (Å²) in [6.45, 7) is 1.70. The lowest BCUT2D eigenvalue weighted by Gasteiger charge is -2.48. The summed E-state index contributed by atoms with van der Waals surface area (Å²) in [5, 5.41) is 3.86. The molecule has 0 aromatic carbocycles. The monoisotopic (exact) mass is 468 g/mol. The highest BCUT2D eigenvalue weighted by Crippen LogP contribution is 2.43. The highest BCUT2D eigenvalue weighted by molar-refractivity contribution is 5.96. The van der Waals surface area contributed by atoms with Crippen molar-refractivity contribution < 1.29 is 26.7 Å². The van der Waals surface area contributed by atoms with E-state index in [1.807, 2.05) is 0 Å². The Kier molecular flexibility index (Phi) is 4.72. The fourth-order valence-electron chi connectivity index (χ4n) is 4.33. The summed E-state index contributed by atoms with van der Waals surface area (Å²) in [6.07, 6.45) is -4.33. The molecule has 9 nitrogen and oxygen atoms in total. The van der Waals surface area contributed by atoms with Crippen LogP contribution in [0.3, 0.4) is 0 Å². The number of halogens is 5. The van der Waals surface area contributed by atoms with Gasteiger partial charge in [-0.05, 0) is 6.92 Å². The standard InChI is InChI=1S/C19H17F5N8O/c1-10-27-12(19(22,23)24)2-14(28-10)30-7-18(8-30)3-16(33)31(9-18)15-5-25-11-4-26-32(6-13(20)21)17(11)29-15/h2,4-5,13H,3,6-9H2,1H3. The summed E-state index contributed by atoms with van der Waals surface area (Å²) in [5.41, 5.74) is -1.02. The van der Waals surface area contributed by atoms with Gasteiger partial charge in [-0.2, -0.15) is 18.3 Å². The number of hydrogen-bond donors (Lipinski definition) is 0. The van der Waals surface area contributed by atoms with Crippen LogP contribution < -0.4 is 9.80 Å². The van der Waals surface area contributed by atoms with Crippen molar-refractivity contribution in [3.05, 3.63) is 30.0 Å². The first kappa shape index (κ1) is 21.4. The smallest absolute Gasteiger partial charge is 0.355 e. The molecule has 14 heteroatoms. The minimum absolute atomic E-state index is 0.00823. The second kappa shape index (κ2) is 7.28. The Labute approximate surface area is 183 Å². The summed E-state index contributed by atoms with van der Waals surface area (Å²) >= 11 is 0. The zero-order valence-electron chi connectivity index (χ0n) is 17.2. The number of nitrogens with zero attached hydrogens (tertiary/aromatic N) is 8. The number of rotatable bonds is 4. The third-order valence-corrected chi connectivity index (χ3v) is 5.73. The predicted octanol–water partition coefficient (Wildman–Crippen LogP) is 2.45. The zero-order valence-corrected chi connectivity index (χ0v) is 17.2. The first-order chi connectivity index (χ1) is 15.5. The second-order valence-corrected chi connectivity index (χ2v) is 8.32. The molecule has 2 saturated heterocycles. The van der Waals surface area contributed by atoms with Crippen LogP contribution in [-0.4, -0.2) is 61.7 Å². The Balaban J connectivity index is 1.35. The van der Waals surface area contributed by atoms with E-state index in [0.717, 1.165) is 10.7 Å². The highest BCUT2D eigenvalue weighted by atomic mass is 19.4. The summed E-state index contributed by atoms with van der Waals surface area (Å²) in [7, 11) is 0. The van der Waals surface area contributed by atoms with Gasteiger partial charge in [0.15, 0.2) is 11.5 Å². The van der Waals surface area contributed by atoms with Crippen LogP contribution in [-0.2, 0) is 17.5 Å². The predicted molar refractivity (Wildman–Crippen MR) is 105 cm³/mol. The summed E-state index contributed by atoms with van der Waals surface area (Å²) in [5.74, 6) is 0.159. The second-order valence-electron chi connectivity index (χ2n) is 8.32. The number of fused-ring (bicyclic) bond motifs is 1. The van der Waals surface area contributed by atoms with Gasteiger partial charge in [-0.15, -0.1) is 0 Å². The molecule has 0 unspecified atom stereocenters. The van der Waals surface area contributed by atoms with E-state index in [2.05, 4.69) is 25.0 Å². The molecule has 174 valence electrons. The van der Waals surface area contributed by atoms with E-state index in [0.29, 0.717) is 18.6 Å². The maximum Gasteiger partial charge on any atom is 0.433 e. The van der Waals surface area contributed by atoms with E-state index in [4.69, 9.17) is 0 Å². The number of alkyl halides is 5. The number of aryl methyl sites for hydroxylation is 1. The molecule has 5 rings (SSSR count). The van der Waals surface area contributed by atoms with E-state index < -0.39 is 30.3 Å². The Morgan fingerprint density at radius 1 is 1.09 bits per heavy atom. The number of amides is 1. The topological polar surface area (TPSA) is 92.9 Å². The molecule has 3 aromatic heterocycles. The lowest BCUT2D eigenvalue weighted by molar-refractivity contribution is -0.141. The number of carbonyl (C=O) groups is 1. The highest BCUT2D eigenvalue weighted by Gasteiger charge is 2.52. The third-order valence-electron chi connectivity index (χ3n) is 5.73. The van der Waals surface area contributed by atoms with Crippen molar-refractivity contribution >= 4 is 28.7 Å². The Bertz CT molecular complexity index is 1240. The van der Waals surface area contributed by atoms with Crippen LogP contribution in [0.4, 0.5) is 33.6 Å². The first-order valence-electron chi connectivity index (χ1n) is 9.98. The van der Waals surface area contributed by atoms with Crippen LogP contribution in [0.15, 0.2) is 18.5 Å². The quantitative estimate of drug-likeness (QED) is 0.543. The maximum atomic E-state index is 13.1. The molecule has 0 saturated carbocycles. The molecule has 3 aromatic rings. The van der Waals surface area contributed by atoms with Gasteiger partial charge in [-0.3, -0.25) is 9.69 Å². The molecule has 33 heavy (non-hydrogen) atoms. The van der Waals surface area contributed by atoms with Crippen molar-refractivity contribution in [1.82, 2.24) is 29.7 Å². The van der Waals surface area contributed by atoms with E-state index >= 15 is 0 Å². The molecular weight excluding hydrogens is 451 g/mol. The lowest BCUT2D eigenvalue weighted by Crippen LogP contribution is -2.58. The van der Waals surface area contributed by atoms with Crippen molar-refractivity contribution in [2.24, 2.45) is 5.41 Å². The van der Waals surface area contributed by atoms with Gasteiger partial charge in [0.2, 0.25) is 5.91 Å². The number of hydrogen-bond acceptors (Lipinski definition) is 7. The van der Waals surface area contributed by atoms with Gasteiger partial charge in [-0.25, -0.2) is 33.4 Å². The van der Waals surface area contributed by atoms with Crippen molar-refractivity contribution in [3.8, 4) is 0 Å². The van der Waals surface area contributed by atoms with Crippen LogP contribution in [0, 0.1) is 12.3 Å². The average Bonchev–Trinajstić information content (AvgIpc) is 3.26. The molecule has 2 aliphatic rings. The SMILES string of the molecule is Cc1nc(N2CC3(CC(=O)N(c4cnc5cnn(CC(F)F)c5n4)C3)C2)cc(C(F)(F)F)n1. The van der Waals surface area contributed by atoms with Crippen LogP contribution >= 0.6 is 0 Å². The Morgan fingerprint density at radius 3 is 2.55 bits per heavy atom. The van der Waals surface area contributed by atoms with Gasteiger partial charge >= 0.3 is 6.18 Å². The number of anilines is 2. The van der Waals surface area contributed by atoms with E-state index in [1.165, 1.54) is 24.2 Å². The molecule has 2 aliphatic heterocycles. The van der Waals surface area contributed by atoms with Crippen LogP contribution in [0.25, 0.3) is 11.2 Å². The van der Waals surface area contributed by atoms with Crippen molar-refractivity contribution in [2.45, 2.75) is 32.5 Å². The number of aromatic nitrogens is 6. The van der Waals surface area contributed by atoms with Crippen LogP contribution in [0.1, 0.15) is 17.9 Å². The van der Waals surface area contributed by atoms with Crippen LogP contribution in [0.2, 0.25) is 0 Å². The zero-order chi connectivity index (χ0) is 23.5. The van der Waals surface area contributed by atoms with Gasteiger partial charge in [0, 0.05) is 37.5 Å². The molecule has 5 heterocycles. The Hall–Kier alpha value is -3.45. The molecule has 1 spiro atoms. The molecule has 0 atom stereocenters. The van der Waals surface area contributed by atoms with E-state index in [-0.39, 0.29) is 42.0 Å². The van der Waals surface area contributed by atoms with Crippen LogP contribution in [0.5, 0.6) is 0 Å². The largest absolute Gasteiger partial charge is 0.433 e. The normalized spacial score (nSPS) is 18.1.